The van der Waals surface area contributed by atoms with E-state index in [1.54, 1.807) is 0 Å². The molecule has 1 aromatic carbocycles. The van der Waals surface area contributed by atoms with Crippen LogP contribution in [0.3, 0.4) is 0 Å². The molecule has 2 heterocycles. The molecule has 1 aliphatic rings. The first-order chi connectivity index (χ1) is 7.25. The molecule has 15 heavy (non-hydrogen) atoms. The van der Waals surface area contributed by atoms with E-state index in [0.717, 1.165) is 40.4 Å². The first kappa shape index (κ1) is 8.98. The van der Waals surface area contributed by atoms with Crippen molar-refractivity contribution < 1.29 is 4.74 Å². The number of fused-ring (bicyclic) bond motifs is 3. The quantitative estimate of drug-likeness (QED) is 0.679. The zero-order valence-corrected chi connectivity index (χ0v) is 9.14. The van der Waals surface area contributed by atoms with Gasteiger partial charge in [0.05, 0.1) is 12.1 Å². The van der Waals surface area contributed by atoms with Crippen LogP contribution in [0.25, 0.3) is 10.9 Å². The second-order valence-corrected chi connectivity index (χ2v) is 4.20. The van der Waals surface area contributed by atoms with Crippen molar-refractivity contribution in [2.75, 3.05) is 6.61 Å². The Bertz CT molecular complexity index is 551. The summed E-state index contributed by atoms with van der Waals surface area (Å²) in [6, 6.07) is 5.72. The molecule has 0 atom stereocenters. The molecule has 2 nitrogen and oxygen atoms in total. The predicted molar refractivity (Wildman–Crippen MR) is 60.7 cm³/mol. The summed E-state index contributed by atoms with van der Waals surface area (Å²) in [5.41, 5.74) is 3.25. The van der Waals surface area contributed by atoms with E-state index in [4.69, 9.17) is 16.3 Å². The third-order valence-corrected chi connectivity index (χ3v) is 3.04. The molecule has 3 heteroatoms. The number of rotatable bonds is 0. The molecular formula is C12H10ClNO. The van der Waals surface area contributed by atoms with Gasteiger partial charge in [0.1, 0.15) is 5.75 Å². The third-order valence-electron chi connectivity index (χ3n) is 2.80. The van der Waals surface area contributed by atoms with Crippen molar-refractivity contribution in [1.29, 1.82) is 0 Å². The minimum Gasteiger partial charge on any atom is -0.492 e. The van der Waals surface area contributed by atoms with Crippen LogP contribution in [0.2, 0.25) is 5.02 Å². The van der Waals surface area contributed by atoms with Crippen molar-refractivity contribution in [3.05, 3.63) is 34.5 Å². The fourth-order valence-corrected chi connectivity index (χ4v) is 2.25. The summed E-state index contributed by atoms with van der Waals surface area (Å²) >= 11 is 5.98. The molecule has 1 aromatic heterocycles. The molecular weight excluding hydrogens is 210 g/mol. The highest BCUT2D eigenvalue weighted by molar-refractivity contribution is 6.31. The maximum Gasteiger partial charge on any atom is 0.133 e. The van der Waals surface area contributed by atoms with Gasteiger partial charge in [0.25, 0.3) is 0 Å². The topological polar surface area (TPSA) is 22.1 Å². The van der Waals surface area contributed by atoms with Gasteiger partial charge >= 0.3 is 0 Å². The van der Waals surface area contributed by atoms with Crippen molar-refractivity contribution >= 4 is 22.5 Å². The lowest BCUT2D eigenvalue weighted by atomic mass is 10.1. The summed E-state index contributed by atoms with van der Waals surface area (Å²) in [5, 5.41) is 1.76. The fraction of sp³-hybridized carbons (Fsp3) is 0.250. The SMILES string of the molecule is Cc1nc2ccc(Cl)cc2c2c1CCO2. The molecule has 0 saturated carbocycles. The van der Waals surface area contributed by atoms with E-state index < -0.39 is 0 Å². The second kappa shape index (κ2) is 3.11. The number of halogens is 1. The maximum absolute atomic E-state index is 5.98. The largest absolute Gasteiger partial charge is 0.492 e. The number of benzene rings is 1. The van der Waals surface area contributed by atoms with Crippen LogP contribution < -0.4 is 4.74 Å². The second-order valence-electron chi connectivity index (χ2n) is 3.76. The van der Waals surface area contributed by atoms with Crippen LogP contribution >= 0.6 is 11.6 Å². The van der Waals surface area contributed by atoms with E-state index in [0.29, 0.717) is 0 Å². The molecule has 1 aliphatic heterocycles. The highest BCUT2D eigenvalue weighted by Gasteiger charge is 2.19. The van der Waals surface area contributed by atoms with Gasteiger partial charge in [-0.25, -0.2) is 0 Å². The van der Waals surface area contributed by atoms with Crippen LogP contribution in [0.4, 0.5) is 0 Å². The van der Waals surface area contributed by atoms with E-state index >= 15 is 0 Å². The van der Waals surface area contributed by atoms with E-state index in [1.807, 2.05) is 25.1 Å². The van der Waals surface area contributed by atoms with Crippen LogP contribution in [0, 0.1) is 6.92 Å². The van der Waals surface area contributed by atoms with Gasteiger partial charge in [0.2, 0.25) is 0 Å². The Morgan fingerprint density at radius 3 is 3.13 bits per heavy atom. The number of aromatic nitrogens is 1. The summed E-state index contributed by atoms with van der Waals surface area (Å²) in [6.45, 7) is 2.78. The molecule has 0 N–H and O–H groups in total. The lowest BCUT2D eigenvalue weighted by molar-refractivity contribution is 0.360. The molecule has 76 valence electrons. The summed E-state index contributed by atoms with van der Waals surface area (Å²) in [4.78, 5) is 4.55. The van der Waals surface area contributed by atoms with Gasteiger partial charge in [-0.15, -0.1) is 0 Å². The summed E-state index contributed by atoms with van der Waals surface area (Å²) in [5.74, 6) is 0.972. The Labute approximate surface area is 92.8 Å². The van der Waals surface area contributed by atoms with Crippen LogP contribution in [0.15, 0.2) is 18.2 Å². The molecule has 2 aromatic rings. The number of aryl methyl sites for hydroxylation is 1. The van der Waals surface area contributed by atoms with Gasteiger partial charge in [-0.05, 0) is 25.1 Å². The van der Waals surface area contributed by atoms with Crippen molar-refractivity contribution in [2.24, 2.45) is 0 Å². The molecule has 0 unspecified atom stereocenters. The van der Waals surface area contributed by atoms with Crippen LogP contribution in [-0.4, -0.2) is 11.6 Å². The first-order valence-electron chi connectivity index (χ1n) is 4.97. The normalized spacial score (nSPS) is 14.0. The Hall–Kier alpha value is -1.28. The van der Waals surface area contributed by atoms with Crippen molar-refractivity contribution in [2.45, 2.75) is 13.3 Å². The molecule has 3 rings (SSSR count). The average Bonchev–Trinajstić information content (AvgIpc) is 2.69. The highest BCUT2D eigenvalue weighted by Crippen LogP contribution is 2.35. The van der Waals surface area contributed by atoms with Crippen LogP contribution in [-0.2, 0) is 6.42 Å². The average molecular weight is 220 g/mol. The van der Waals surface area contributed by atoms with Crippen molar-refractivity contribution in [1.82, 2.24) is 4.98 Å². The van der Waals surface area contributed by atoms with Gasteiger partial charge < -0.3 is 4.74 Å². The summed E-state index contributed by atoms with van der Waals surface area (Å²) in [7, 11) is 0. The Balaban J connectivity index is 2.44. The summed E-state index contributed by atoms with van der Waals surface area (Å²) < 4.78 is 5.65. The lowest BCUT2D eigenvalue weighted by Crippen LogP contribution is -1.90. The number of pyridine rings is 1. The van der Waals surface area contributed by atoms with E-state index in [9.17, 15) is 0 Å². The number of nitrogens with zero attached hydrogens (tertiary/aromatic N) is 1. The van der Waals surface area contributed by atoms with Crippen LogP contribution in [0.5, 0.6) is 5.75 Å². The van der Waals surface area contributed by atoms with Crippen molar-refractivity contribution in [3.8, 4) is 5.75 Å². The maximum atomic E-state index is 5.98. The summed E-state index contributed by atoms with van der Waals surface area (Å²) in [6.07, 6.45) is 0.955. The molecule has 0 spiro atoms. The lowest BCUT2D eigenvalue weighted by Gasteiger charge is -2.07. The Kier molecular flexibility index (Phi) is 1.86. The minimum atomic E-state index is 0.728. The van der Waals surface area contributed by atoms with Gasteiger partial charge in [0, 0.05) is 28.1 Å². The smallest absolute Gasteiger partial charge is 0.133 e. The monoisotopic (exact) mass is 219 g/mol. The molecule has 0 radical (unpaired) electrons. The number of hydrogen-bond donors (Lipinski definition) is 0. The fourth-order valence-electron chi connectivity index (χ4n) is 2.08. The Morgan fingerprint density at radius 2 is 2.27 bits per heavy atom. The molecule has 0 fully saturated rings. The van der Waals surface area contributed by atoms with Gasteiger partial charge in [0.15, 0.2) is 0 Å². The van der Waals surface area contributed by atoms with Gasteiger partial charge in [-0.2, -0.15) is 0 Å². The van der Waals surface area contributed by atoms with E-state index in [-0.39, 0.29) is 0 Å². The molecule has 0 bridgehead atoms. The minimum absolute atomic E-state index is 0.728. The van der Waals surface area contributed by atoms with Gasteiger partial charge in [-0.3, -0.25) is 4.98 Å². The predicted octanol–water partition coefficient (Wildman–Crippen LogP) is 3.13. The van der Waals surface area contributed by atoms with E-state index in [1.165, 1.54) is 5.56 Å². The number of ether oxygens (including phenoxy) is 1. The molecule has 0 amide bonds. The Morgan fingerprint density at radius 1 is 1.40 bits per heavy atom. The van der Waals surface area contributed by atoms with Crippen LogP contribution in [0.1, 0.15) is 11.3 Å². The zero-order chi connectivity index (χ0) is 10.4. The first-order valence-corrected chi connectivity index (χ1v) is 5.35. The third kappa shape index (κ3) is 1.29. The zero-order valence-electron chi connectivity index (χ0n) is 8.38. The number of hydrogen-bond acceptors (Lipinski definition) is 2. The van der Waals surface area contributed by atoms with Gasteiger partial charge in [-0.1, -0.05) is 11.6 Å². The van der Waals surface area contributed by atoms with Crippen molar-refractivity contribution in [3.63, 3.8) is 0 Å². The highest BCUT2D eigenvalue weighted by atomic mass is 35.5. The van der Waals surface area contributed by atoms with E-state index in [2.05, 4.69) is 4.98 Å². The standard InChI is InChI=1S/C12H10ClNO/c1-7-9-4-5-15-12(9)10-6-8(13)2-3-11(10)14-7/h2-3,6H,4-5H2,1H3. The molecule has 0 aliphatic carbocycles. The molecule has 0 saturated heterocycles.